The fourth-order valence-corrected chi connectivity index (χ4v) is 1.56. The minimum absolute atomic E-state index is 0.0200. The molecule has 1 amide bonds. The SMILES string of the molecule is CN1C[C@@H](c2ccc(F)cc2)OCC1=O. The largest absolute Gasteiger partial charge is 0.362 e. The van der Waals surface area contributed by atoms with Crippen LogP contribution in [0.4, 0.5) is 4.39 Å². The van der Waals surface area contributed by atoms with Crippen LogP contribution in [0.5, 0.6) is 0 Å². The number of halogens is 1. The summed E-state index contributed by atoms with van der Waals surface area (Å²) in [4.78, 5) is 12.8. The van der Waals surface area contributed by atoms with E-state index >= 15 is 0 Å². The molecule has 15 heavy (non-hydrogen) atoms. The first-order chi connectivity index (χ1) is 7.16. The third kappa shape index (κ3) is 2.15. The van der Waals surface area contributed by atoms with Crippen LogP contribution in [0.25, 0.3) is 0 Å². The van der Waals surface area contributed by atoms with Crippen molar-refractivity contribution >= 4 is 5.91 Å². The van der Waals surface area contributed by atoms with E-state index in [0.29, 0.717) is 6.54 Å². The summed E-state index contributed by atoms with van der Waals surface area (Å²) < 4.78 is 18.1. The molecule has 1 aliphatic heterocycles. The Kier molecular flexibility index (Phi) is 2.68. The maximum atomic E-state index is 12.7. The molecule has 0 unspecified atom stereocenters. The summed E-state index contributed by atoms with van der Waals surface area (Å²) in [5, 5.41) is 0. The van der Waals surface area contributed by atoms with Crippen molar-refractivity contribution in [2.24, 2.45) is 0 Å². The lowest BCUT2D eigenvalue weighted by molar-refractivity contribution is -0.147. The zero-order valence-corrected chi connectivity index (χ0v) is 8.44. The lowest BCUT2D eigenvalue weighted by Crippen LogP contribution is -2.40. The molecule has 1 fully saturated rings. The van der Waals surface area contributed by atoms with Crippen LogP contribution >= 0.6 is 0 Å². The molecule has 1 aliphatic rings. The van der Waals surface area contributed by atoms with Crippen molar-refractivity contribution in [2.45, 2.75) is 6.10 Å². The van der Waals surface area contributed by atoms with Crippen LogP contribution in [0, 0.1) is 5.82 Å². The Morgan fingerprint density at radius 1 is 1.40 bits per heavy atom. The maximum Gasteiger partial charge on any atom is 0.248 e. The van der Waals surface area contributed by atoms with Crippen molar-refractivity contribution in [3.8, 4) is 0 Å². The molecule has 1 atom stereocenters. The van der Waals surface area contributed by atoms with Gasteiger partial charge in [0.05, 0.1) is 6.54 Å². The lowest BCUT2D eigenvalue weighted by Gasteiger charge is -2.30. The molecule has 0 saturated carbocycles. The Hall–Kier alpha value is -1.42. The first-order valence-electron chi connectivity index (χ1n) is 4.78. The lowest BCUT2D eigenvalue weighted by atomic mass is 10.1. The van der Waals surface area contributed by atoms with Gasteiger partial charge in [-0.3, -0.25) is 4.79 Å². The van der Waals surface area contributed by atoms with Gasteiger partial charge in [-0.2, -0.15) is 0 Å². The number of likely N-dealkylation sites (N-methyl/N-ethyl adjacent to an activating group) is 1. The molecule has 1 aromatic carbocycles. The van der Waals surface area contributed by atoms with Crippen LogP contribution in [0.3, 0.4) is 0 Å². The molecule has 1 aromatic rings. The Bertz CT molecular complexity index is 363. The smallest absolute Gasteiger partial charge is 0.248 e. The number of rotatable bonds is 1. The molecule has 3 nitrogen and oxygen atoms in total. The van der Waals surface area contributed by atoms with Crippen LogP contribution in [-0.4, -0.2) is 31.0 Å². The van der Waals surface area contributed by atoms with Crippen molar-refractivity contribution in [3.05, 3.63) is 35.6 Å². The number of morpholine rings is 1. The molecular formula is C11H12FNO2. The van der Waals surface area contributed by atoms with E-state index in [1.54, 1.807) is 24.1 Å². The summed E-state index contributed by atoms with van der Waals surface area (Å²) in [7, 11) is 1.74. The normalized spacial score (nSPS) is 21.9. The highest BCUT2D eigenvalue weighted by Crippen LogP contribution is 2.21. The van der Waals surface area contributed by atoms with E-state index in [4.69, 9.17) is 4.74 Å². The molecule has 0 aliphatic carbocycles. The summed E-state index contributed by atoms with van der Waals surface area (Å²) in [6.07, 6.45) is -0.145. The molecule has 1 saturated heterocycles. The summed E-state index contributed by atoms with van der Waals surface area (Å²) in [5.74, 6) is -0.285. The van der Waals surface area contributed by atoms with Gasteiger partial charge in [0.25, 0.3) is 0 Å². The molecule has 0 aromatic heterocycles. The van der Waals surface area contributed by atoms with Gasteiger partial charge in [0.1, 0.15) is 18.5 Å². The summed E-state index contributed by atoms with van der Waals surface area (Å²) in [5.41, 5.74) is 0.899. The number of carbonyl (C=O) groups is 1. The Morgan fingerprint density at radius 2 is 2.07 bits per heavy atom. The minimum Gasteiger partial charge on any atom is -0.362 e. The number of amides is 1. The van der Waals surface area contributed by atoms with E-state index in [9.17, 15) is 9.18 Å². The van der Waals surface area contributed by atoms with E-state index in [-0.39, 0.29) is 24.4 Å². The van der Waals surface area contributed by atoms with Crippen molar-refractivity contribution in [3.63, 3.8) is 0 Å². The van der Waals surface area contributed by atoms with E-state index in [1.807, 2.05) is 0 Å². The van der Waals surface area contributed by atoms with Crippen molar-refractivity contribution < 1.29 is 13.9 Å². The second kappa shape index (κ2) is 3.98. The number of carbonyl (C=O) groups excluding carboxylic acids is 1. The van der Waals surface area contributed by atoms with E-state index < -0.39 is 0 Å². The van der Waals surface area contributed by atoms with Crippen molar-refractivity contribution in [1.29, 1.82) is 0 Å². The van der Waals surface area contributed by atoms with Crippen LogP contribution in [-0.2, 0) is 9.53 Å². The highest BCUT2D eigenvalue weighted by molar-refractivity contribution is 5.77. The second-order valence-electron chi connectivity index (χ2n) is 3.63. The fraction of sp³-hybridized carbons (Fsp3) is 0.364. The van der Waals surface area contributed by atoms with Gasteiger partial charge in [-0.1, -0.05) is 12.1 Å². The average molecular weight is 209 g/mol. The topological polar surface area (TPSA) is 29.5 Å². The number of ether oxygens (including phenoxy) is 1. The quantitative estimate of drug-likeness (QED) is 0.698. The zero-order chi connectivity index (χ0) is 10.8. The second-order valence-corrected chi connectivity index (χ2v) is 3.63. The zero-order valence-electron chi connectivity index (χ0n) is 8.44. The average Bonchev–Trinajstić information content (AvgIpc) is 2.23. The highest BCUT2D eigenvalue weighted by atomic mass is 19.1. The van der Waals surface area contributed by atoms with Crippen LogP contribution < -0.4 is 0 Å². The third-order valence-corrected chi connectivity index (χ3v) is 2.52. The van der Waals surface area contributed by atoms with Gasteiger partial charge in [-0.05, 0) is 17.7 Å². The monoisotopic (exact) mass is 209 g/mol. The predicted molar refractivity (Wildman–Crippen MR) is 52.7 cm³/mol. The third-order valence-electron chi connectivity index (χ3n) is 2.52. The fourth-order valence-electron chi connectivity index (χ4n) is 1.56. The Labute approximate surface area is 87.5 Å². The first kappa shape index (κ1) is 10.1. The van der Waals surface area contributed by atoms with Crippen LogP contribution in [0.1, 0.15) is 11.7 Å². The molecule has 2 rings (SSSR count). The van der Waals surface area contributed by atoms with Crippen LogP contribution in [0.15, 0.2) is 24.3 Å². The summed E-state index contributed by atoms with van der Waals surface area (Å²) in [6.45, 7) is 0.614. The molecule has 80 valence electrons. The predicted octanol–water partition coefficient (Wildman–Crippen LogP) is 1.36. The van der Waals surface area contributed by atoms with Crippen molar-refractivity contribution in [1.82, 2.24) is 4.90 Å². The van der Waals surface area contributed by atoms with Gasteiger partial charge < -0.3 is 9.64 Å². The van der Waals surface area contributed by atoms with Gasteiger partial charge in [0.15, 0.2) is 0 Å². The van der Waals surface area contributed by atoms with Gasteiger partial charge in [-0.15, -0.1) is 0 Å². The van der Waals surface area contributed by atoms with E-state index in [0.717, 1.165) is 5.56 Å². The summed E-state index contributed by atoms with van der Waals surface area (Å²) >= 11 is 0. The minimum atomic E-state index is -0.265. The van der Waals surface area contributed by atoms with Crippen molar-refractivity contribution in [2.75, 3.05) is 20.2 Å². The molecule has 0 radical (unpaired) electrons. The maximum absolute atomic E-state index is 12.7. The number of hydrogen-bond donors (Lipinski definition) is 0. The van der Waals surface area contributed by atoms with Crippen LogP contribution in [0.2, 0.25) is 0 Å². The standard InChI is InChI=1S/C11H12FNO2/c1-13-6-10(15-7-11(13)14)8-2-4-9(12)5-3-8/h2-5,10H,6-7H2,1H3/t10-/m0/s1. The van der Waals surface area contributed by atoms with Gasteiger partial charge >= 0.3 is 0 Å². The molecular weight excluding hydrogens is 197 g/mol. The molecule has 0 bridgehead atoms. The van der Waals surface area contributed by atoms with E-state index in [2.05, 4.69) is 0 Å². The highest BCUT2D eigenvalue weighted by Gasteiger charge is 2.24. The molecule has 0 spiro atoms. The van der Waals surface area contributed by atoms with E-state index in [1.165, 1.54) is 12.1 Å². The first-order valence-corrected chi connectivity index (χ1v) is 4.78. The van der Waals surface area contributed by atoms with Gasteiger partial charge in [-0.25, -0.2) is 4.39 Å². The summed E-state index contributed by atoms with van der Waals surface area (Å²) in [6, 6.07) is 6.16. The molecule has 4 heteroatoms. The number of hydrogen-bond acceptors (Lipinski definition) is 2. The number of benzene rings is 1. The van der Waals surface area contributed by atoms with Gasteiger partial charge in [0.2, 0.25) is 5.91 Å². The Morgan fingerprint density at radius 3 is 2.67 bits per heavy atom. The van der Waals surface area contributed by atoms with Gasteiger partial charge in [0, 0.05) is 7.05 Å². The Balaban J connectivity index is 2.12. The molecule has 1 heterocycles. The number of nitrogens with zero attached hydrogens (tertiary/aromatic N) is 1. The molecule has 0 N–H and O–H groups in total.